The Kier molecular flexibility index (Phi) is 6.80. The maximum atomic E-state index is 12.6. The van der Waals surface area contributed by atoms with Gasteiger partial charge in [0.05, 0.1) is 18.2 Å². The van der Waals surface area contributed by atoms with Crippen LogP contribution < -0.4 is 4.90 Å². The second-order valence-corrected chi connectivity index (χ2v) is 6.90. The maximum absolute atomic E-state index is 12.6. The van der Waals surface area contributed by atoms with E-state index in [0.29, 0.717) is 17.7 Å². The molecule has 0 bridgehead atoms. The van der Waals surface area contributed by atoms with Gasteiger partial charge in [0.15, 0.2) is 6.61 Å². The summed E-state index contributed by atoms with van der Waals surface area (Å²) in [5.41, 5.74) is 3.82. The SMILES string of the molecule is COC[C@@H](C)n1c(C)cc(C(=O)COC(=O)c2ccc(N(C)C)cc2)c1C. The third-order valence-corrected chi connectivity index (χ3v) is 4.59. The molecule has 6 heteroatoms. The average Bonchev–Trinajstić information content (AvgIpc) is 2.94. The molecule has 0 radical (unpaired) electrons. The number of methoxy groups -OCH3 is 1. The van der Waals surface area contributed by atoms with Crippen LogP contribution in [0.2, 0.25) is 0 Å². The van der Waals surface area contributed by atoms with Crippen LogP contribution in [0.25, 0.3) is 0 Å². The predicted molar refractivity (Wildman–Crippen MR) is 106 cm³/mol. The fraction of sp³-hybridized carbons (Fsp3) is 0.429. The Morgan fingerprint density at radius 1 is 1.15 bits per heavy atom. The first-order valence-electron chi connectivity index (χ1n) is 8.91. The number of aromatic nitrogens is 1. The number of esters is 1. The summed E-state index contributed by atoms with van der Waals surface area (Å²) in [5, 5.41) is 0. The van der Waals surface area contributed by atoms with Crippen LogP contribution in [0.4, 0.5) is 5.69 Å². The third kappa shape index (κ3) is 4.77. The highest BCUT2D eigenvalue weighted by molar-refractivity contribution is 6.00. The van der Waals surface area contributed by atoms with Crippen LogP contribution in [0.1, 0.15) is 45.1 Å². The van der Waals surface area contributed by atoms with E-state index in [2.05, 4.69) is 4.57 Å². The van der Waals surface area contributed by atoms with E-state index < -0.39 is 5.97 Å². The lowest BCUT2D eigenvalue weighted by Gasteiger charge is -2.17. The molecule has 0 fully saturated rings. The quantitative estimate of drug-likeness (QED) is 0.525. The van der Waals surface area contributed by atoms with Crippen molar-refractivity contribution in [3.63, 3.8) is 0 Å². The number of rotatable bonds is 8. The summed E-state index contributed by atoms with van der Waals surface area (Å²) >= 11 is 0. The average molecular weight is 372 g/mol. The molecule has 0 saturated heterocycles. The number of anilines is 1. The fourth-order valence-electron chi connectivity index (χ4n) is 3.24. The minimum absolute atomic E-state index is 0.120. The van der Waals surface area contributed by atoms with Gasteiger partial charge in [-0.3, -0.25) is 4.79 Å². The van der Waals surface area contributed by atoms with Crippen molar-refractivity contribution in [2.24, 2.45) is 0 Å². The van der Waals surface area contributed by atoms with Crippen molar-refractivity contribution in [3.05, 3.63) is 52.8 Å². The Balaban J connectivity index is 2.05. The Labute approximate surface area is 160 Å². The first-order chi connectivity index (χ1) is 12.8. The molecule has 2 rings (SSSR count). The van der Waals surface area contributed by atoms with E-state index in [1.54, 1.807) is 19.2 Å². The largest absolute Gasteiger partial charge is 0.454 e. The first-order valence-corrected chi connectivity index (χ1v) is 8.91. The van der Waals surface area contributed by atoms with Crippen molar-refractivity contribution < 1.29 is 19.1 Å². The van der Waals surface area contributed by atoms with Crippen molar-refractivity contribution in [2.75, 3.05) is 39.3 Å². The van der Waals surface area contributed by atoms with Gasteiger partial charge in [0.25, 0.3) is 0 Å². The Hall–Kier alpha value is -2.60. The maximum Gasteiger partial charge on any atom is 0.338 e. The number of hydrogen-bond acceptors (Lipinski definition) is 5. The number of ketones is 1. The predicted octanol–water partition coefficient (Wildman–Crippen LogP) is 3.42. The Morgan fingerprint density at radius 2 is 1.78 bits per heavy atom. The van der Waals surface area contributed by atoms with Crippen molar-refractivity contribution in [2.45, 2.75) is 26.8 Å². The summed E-state index contributed by atoms with van der Waals surface area (Å²) in [5.74, 6) is -0.715. The molecule has 0 amide bonds. The van der Waals surface area contributed by atoms with Crippen LogP contribution in [0.5, 0.6) is 0 Å². The minimum Gasteiger partial charge on any atom is -0.454 e. The molecule has 0 N–H and O–H groups in total. The topological polar surface area (TPSA) is 60.8 Å². The molecule has 1 atom stereocenters. The minimum atomic E-state index is -0.504. The van der Waals surface area contributed by atoms with Crippen LogP contribution in [0, 0.1) is 13.8 Å². The molecule has 2 aromatic rings. The molecule has 27 heavy (non-hydrogen) atoms. The molecule has 0 aliphatic heterocycles. The first kappa shape index (κ1) is 20.7. The highest BCUT2D eigenvalue weighted by Crippen LogP contribution is 2.21. The van der Waals surface area contributed by atoms with Crippen LogP contribution >= 0.6 is 0 Å². The number of ether oxygens (including phenoxy) is 2. The van der Waals surface area contributed by atoms with Gasteiger partial charge >= 0.3 is 5.97 Å². The van der Waals surface area contributed by atoms with Crippen LogP contribution in [-0.4, -0.2) is 50.7 Å². The molecule has 0 spiro atoms. The van der Waals surface area contributed by atoms with E-state index in [1.165, 1.54) is 0 Å². The highest BCUT2D eigenvalue weighted by atomic mass is 16.5. The monoisotopic (exact) mass is 372 g/mol. The van der Waals surface area contributed by atoms with Crippen molar-refractivity contribution in [3.8, 4) is 0 Å². The number of nitrogens with zero attached hydrogens (tertiary/aromatic N) is 2. The van der Waals surface area contributed by atoms with Gasteiger partial charge in [0, 0.05) is 43.8 Å². The van der Waals surface area contributed by atoms with E-state index >= 15 is 0 Å². The van der Waals surface area contributed by atoms with Crippen molar-refractivity contribution >= 4 is 17.4 Å². The van der Waals surface area contributed by atoms with E-state index in [0.717, 1.165) is 17.1 Å². The number of aryl methyl sites for hydroxylation is 1. The van der Waals surface area contributed by atoms with E-state index in [9.17, 15) is 9.59 Å². The highest BCUT2D eigenvalue weighted by Gasteiger charge is 2.20. The van der Waals surface area contributed by atoms with Gasteiger partial charge in [0.2, 0.25) is 5.78 Å². The smallest absolute Gasteiger partial charge is 0.338 e. The number of Topliss-reactive ketones (excluding diaryl/α,β-unsaturated/α-hetero) is 1. The lowest BCUT2D eigenvalue weighted by Crippen LogP contribution is -2.17. The molecule has 0 aliphatic carbocycles. The van der Waals surface area contributed by atoms with E-state index in [-0.39, 0.29) is 18.4 Å². The number of hydrogen-bond donors (Lipinski definition) is 0. The Bertz CT molecular complexity index is 806. The van der Waals surface area contributed by atoms with Gasteiger partial charge in [-0.15, -0.1) is 0 Å². The molecule has 1 aromatic heterocycles. The normalized spacial score (nSPS) is 11.9. The van der Waals surface area contributed by atoms with Crippen LogP contribution in [0.15, 0.2) is 30.3 Å². The van der Waals surface area contributed by atoms with Crippen molar-refractivity contribution in [1.82, 2.24) is 4.57 Å². The molecule has 0 unspecified atom stereocenters. The van der Waals surface area contributed by atoms with Crippen LogP contribution in [0.3, 0.4) is 0 Å². The lowest BCUT2D eigenvalue weighted by atomic mass is 10.1. The zero-order chi connectivity index (χ0) is 20.1. The number of benzene rings is 1. The summed E-state index contributed by atoms with van der Waals surface area (Å²) < 4.78 is 12.5. The lowest BCUT2D eigenvalue weighted by molar-refractivity contribution is 0.0474. The summed E-state index contributed by atoms with van der Waals surface area (Å²) in [6, 6.07) is 9.02. The van der Waals surface area contributed by atoms with Gasteiger partial charge in [-0.2, -0.15) is 0 Å². The van der Waals surface area contributed by atoms with E-state index in [4.69, 9.17) is 9.47 Å². The fourth-order valence-corrected chi connectivity index (χ4v) is 3.24. The summed E-state index contributed by atoms with van der Waals surface area (Å²) in [4.78, 5) is 26.7. The number of carbonyl (C=O) groups excluding carboxylic acids is 2. The molecular weight excluding hydrogens is 344 g/mol. The zero-order valence-corrected chi connectivity index (χ0v) is 16.9. The van der Waals surface area contributed by atoms with Gasteiger partial charge in [-0.05, 0) is 51.1 Å². The van der Waals surface area contributed by atoms with Gasteiger partial charge in [-0.1, -0.05) is 0 Å². The standard InChI is InChI=1S/C21H28N2O4/c1-14-11-19(16(3)23(14)15(2)12-26-6)20(24)13-27-21(25)17-7-9-18(10-8-17)22(4)5/h7-11,15H,12-13H2,1-6H3/t15-/m1/s1. The molecule has 146 valence electrons. The molecule has 0 saturated carbocycles. The molecule has 1 heterocycles. The molecular formula is C21H28N2O4. The molecule has 1 aromatic carbocycles. The van der Waals surface area contributed by atoms with Gasteiger partial charge < -0.3 is 18.9 Å². The summed E-state index contributed by atoms with van der Waals surface area (Å²) in [7, 11) is 5.51. The summed E-state index contributed by atoms with van der Waals surface area (Å²) in [6.07, 6.45) is 0. The van der Waals surface area contributed by atoms with Crippen molar-refractivity contribution in [1.29, 1.82) is 0 Å². The zero-order valence-electron chi connectivity index (χ0n) is 16.9. The second-order valence-electron chi connectivity index (χ2n) is 6.90. The van der Waals surface area contributed by atoms with E-state index in [1.807, 2.05) is 58.0 Å². The molecule has 0 aliphatic rings. The third-order valence-electron chi connectivity index (χ3n) is 4.59. The summed E-state index contributed by atoms with van der Waals surface area (Å²) in [6.45, 7) is 6.16. The van der Waals surface area contributed by atoms with Crippen LogP contribution in [-0.2, 0) is 9.47 Å². The molecule has 6 nitrogen and oxygen atoms in total. The second kappa shape index (κ2) is 8.86. The number of carbonyl (C=O) groups is 2. The Morgan fingerprint density at radius 3 is 2.33 bits per heavy atom. The van der Waals surface area contributed by atoms with Gasteiger partial charge in [0.1, 0.15) is 0 Å². The van der Waals surface area contributed by atoms with Gasteiger partial charge in [-0.25, -0.2) is 4.79 Å².